The normalized spacial score (nSPS) is 15.1. The van der Waals surface area contributed by atoms with Crippen LogP contribution in [0.15, 0.2) is 42.5 Å². The van der Waals surface area contributed by atoms with E-state index >= 15 is 0 Å². The van der Waals surface area contributed by atoms with Gasteiger partial charge in [0.05, 0.1) is 6.54 Å². The second-order valence-corrected chi connectivity index (χ2v) is 7.53. The summed E-state index contributed by atoms with van der Waals surface area (Å²) in [5.74, 6) is 1.39. The number of aliphatic hydroxyl groups is 1. The van der Waals surface area contributed by atoms with E-state index in [-0.39, 0.29) is 19.2 Å². The Morgan fingerprint density at radius 2 is 1.81 bits per heavy atom. The van der Waals surface area contributed by atoms with Crippen LogP contribution in [0.5, 0.6) is 17.2 Å². The smallest absolute Gasteiger partial charge is 0.263 e. The van der Waals surface area contributed by atoms with Gasteiger partial charge in [-0.1, -0.05) is 17.7 Å². The lowest BCUT2D eigenvalue weighted by Crippen LogP contribution is -2.50. The highest BCUT2D eigenvalue weighted by Crippen LogP contribution is 2.35. The van der Waals surface area contributed by atoms with Crippen LogP contribution in [0, 0.1) is 0 Å². The molecule has 2 aromatic rings. The van der Waals surface area contributed by atoms with Crippen LogP contribution in [0.4, 0.5) is 0 Å². The van der Waals surface area contributed by atoms with E-state index in [1.165, 1.54) is 0 Å². The molecule has 0 radical (unpaired) electrons. The molecular weight excluding hydrogens is 370 g/mol. The molecule has 1 amide bonds. The average Bonchev–Trinajstić information content (AvgIpc) is 3.09. The average molecular weight is 392 g/mol. The molecule has 144 valence electrons. The molecular formula is C20H22ClNO5. The Hall–Kier alpha value is -2.44. The van der Waals surface area contributed by atoms with Crippen molar-refractivity contribution in [2.75, 3.05) is 13.3 Å². The lowest BCUT2D eigenvalue weighted by molar-refractivity contribution is -0.135. The minimum Gasteiger partial charge on any atom is -0.478 e. The molecule has 0 saturated carbocycles. The molecule has 6 nitrogen and oxygen atoms in total. The van der Waals surface area contributed by atoms with Crippen LogP contribution in [-0.4, -0.2) is 30.0 Å². The monoisotopic (exact) mass is 391 g/mol. The minimum atomic E-state index is -1.28. The maximum Gasteiger partial charge on any atom is 0.263 e. The summed E-state index contributed by atoms with van der Waals surface area (Å²) < 4.78 is 16.4. The first-order valence-electron chi connectivity index (χ1n) is 8.53. The molecule has 3 rings (SSSR count). The summed E-state index contributed by atoms with van der Waals surface area (Å²) in [5.41, 5.74) is -1.80. The van der Waals surface area contributed by atoms with E-state index in [0.717, 1.165) is 0 Å². The molecule has 2 N–H and O–H groups in total. The highest BCUT2D eigenvalue weighted by Gasteiger charge is 2.33. The van der Waals surface area contributed by atoms with Crippen LogP contribution < -0.4 is 19.5 Å². The zero-order valence-corrected chi connectivity index (χ0v) is 16.2. The van der Waals surface area contributed by atoms with Crippen molar-refractivity contribution in [1.29, 1.82) is 0 Å². The van der Waals surface area contributed by atoms with Gasteiger partial charge in [-0.05, 0) is 62.7 Å². The number of ether oxygens (including phenoxy) is 3. The van der Waals surface area contributed by atoms with Crippen molar-refractivity contribution in [3.63, 3.8) is 0 Å². The Morgan fingerprint density at radius 3 is 2.52 bits per heavy atom. The molecule has 0 aliphatic carbocycles. The van der Waals surface area contributed by atoms with Gasteiger partial charge in [-0.2, -0.15) is 0 Å². The molecule has 0 bridgehead atoms. The third-order valence-electron chi connectivity index (χ3n) is 4.32. The molecule has 1 atom stereocenters. The second-order valence-electron chi connectivity index (χ2n) is 7.09. The van der Waals surface area contributed by atoms with Crippen molar-refractivity contribution >= 4 is 17.5 Å². The molecule has 0 aromatic heterocycles. The molecule has 27 heavy (non-hydrogen) atoms. The Labute approximate surface area is 163 Å². The quantitative estimate of drug-likeness (QED) is 0.790. The lowest BCUT2D eigenvalue weighted by Gasteiger charge is -2.29. The van der Waals surface area contributed by atoms with Gasteiger partial charge < -0.3 is 24.6 Å². The molecule has 1 unspecified atom stereocenters. The van der Waals surface area contributed by atoms with Gasteiger partial charge in [-0.15, -0.1) is 0 Å². The summed E-state index contributed by atoms with van der Waals surface area (Å²) in [7, 11) is 0. The third kappa shape index (κ3) is 4.46. The number of amides is 1. The number of halogens is 1. The SMILES string of the molecule is CC(C)(Oc1ccc(Cl)cc1)C(=O)NCC(C)(O)c1ccc2c(c1)OCO2. The van der Waals surface area contributed by atoms with E-state index in [0.29, 0.717) is 27.8 Å². The fourth-order valence-electron chi connectivity index (χ4n) is 2.64. The number of hydrogen-bond donors (Lipinski definition) is 2. The van der Waals surface area contributed by atoms with E-state index in [4.69, 9.17) is 25.8 Å². The van der Waals surface area contributed by atoms with Gasteiger partial charge in [-0.25, -0.2) is 0 Å². The predicted octanol–water partition coefficient (Wildman–Crippen LogP) is 3.25. The van der Waals surface area contributed by atoms with Crippen LogP contribution in [0.2, 0.25) is 5.02 Å². The first kappa shape index (κ1) is 19.3. The highest BCUT2D eigenvalue weighted by molar-refractivity contribution is 6.30. The number of nitrogens with one attached hydrogen (secondary N) is 1. The zero-order chi connectivity index (χ0) is 19.7. The van der Waals surface area contributed by atoms with Crippen molar-refractivity contribution < 1.29 is 24.1 Å². The Morgan fingerprint density at radius 1 is 1.15 bits per heavy atom. The number of fused-ring (bicyclic) bond motifs is 1. The van der Waals surface area contributed by atoms with Crippen molar-refractivity contribution in [3.8, 4) is 17.2 Å². The third-order valence-corrected chi connectivity index (χ3v) is 4.57. The van der Waals surface area contributed by atoms with E-state index in [1.54, 1.807) is 63.2 Å². The molecule has 0 fully saturated rings. The number of carbonyl (C=O) groups excluding carboxylic acids is 1. The fraction of sp³-hybridized carbons (Fsp3) is 0.350. The first-order chi connectivity index (χ1) is 12.7. The van der Waals surface area contributed by atoms with Gasteiger partial charge in [0.25, 0.3) is 5.91 Å². The number of benzene rings is 2. The highest BCUT2D eigenvalue weighted by atomic mass is 35.5. The van der Waals surface area contributed by atoms with Crippen molar-refractivity contribution in [2.24, 2.45) is 0 Å². The number of carbonyl (C=O) groups is 1. The van der Waals surface area contributed by atoms with Gasteiger partial charge in [0.15, 0.2) is 17.1 Å². The largest absolute Gasteiger partial charge is 0.478 e. The lowest BCUT2D eigenvalue weighted by atomic mass is 9.95. The standard InChI is InChI=1S/C20H22ClNO5/c1-19(2,27-15-7-5-14(21)6-8-15)18(23)22-11-20(3,24)13-4-9-16-17(10-13)26-12-25-16/h4-10,24H,11-12H2,1-3H3,(H,22,23). The van der Waals surface area contributed by atoms with E-state index < -0.39 is 11.2 Å². The van der Waals surface area contributed by atoms with Crippen LogP contribution in [0.25, 0.3) is 0 Å². The van der Waals surface area contributed by atoms with Gasteiger partial charge in [0.2, 0.25) is 6.79 Å². The van der Waals surface area contributed by atoms with Gasteiger partial charge in [0, 0.05) is 5.02 Å². The fourth-order valence-corrected chi connectivity index (χ4v) is 2.77. The maximum atomic E-state index is 12.6. The van der Waals surface area contributed by atoms with Crippen molar-refractivity contribution in [3.05, 3.63) is 53.1 Å². The van der Waals surface area contributed by atoms with Crippen LogP contribution in [0.1, 0.15) is 26.3 Å². The summed E-state index contributed by atoms with van der Waals surface area (Å²) >= 11 is 5.86. The molecule has 1 aliphatic heterocycles. The van der Waals surface area contributed by atoms with E-state index in [1.807, 2.05) is 0 Å². The maximum absolute atomic E-state index is 12.6. The van der Waals surface area contributed by atoms with Crippen LogP contribution in [0.3, 0.4) is 0 Å². The summed E-state index contributed by atoms with van der Waals surface area (Å²) in [6.45, 7) is 5.11. The summed E-state index contributed by atoms with van der Waals surface area (Å²) in [6, 6.07) is 12.0. The zero-order valence-electron chi connectivity index (χ0n) is 15.4. The molecule has 1 aliphatic rings. The molecule has 2 aromatic carbocycles. The Bertz CT molecular complexity index is 833. The molecule has 0 spiro atoms. The Balaban J connectivity index is 1.63. The van der Waals surface area contributed by atoms with Crippen LogP contribution >= 0.6 is 11.6 Å². The minimum absolute atomic E-state index is 0.0128. The predicted molar refractivity (Wildman–Crippen MR) is 101 cm³/mol. The van der Waals surface area contributed by atoms with Crippen molar-refractivity contribution in [2.45, 2.75) is 32.0 Å². The topological polar surface area (TPSA) is 77.0 Å². The first-order valence-corrected chi connectivity index (χ1v) is 8.91. The number of hydrogen-bond acceptors (Lipinski definition) is 5. The van der Waals surface area contributed by atoms with E-state index in [2.05, 4.69) is 5.32 Å². The van der Waals surface area contributed by atoms with Gasteiger partial charge in [-0.3, -0.25) is 4.79 Å². The van der Waals surface area contributed by atoms with Crippen molar-refractivity contribution in [1.82, 2.24) is 5.32 Å². The Kier molecular flexibility index (Phi) is 5.22. The van der Waals surface area contributed by atoms with E-state index in [9.17, 15) is 9.90 Å². The summed E-state index contributed by atoms with van der Waals surface area (Å²) in [5, 5.41) is 14.1. The molecule has 0 saturated heterocycles. The summed E-state index contributed by atoms with van der Waals surface area (Å²) in [6.07, 6.45) is 0. The number of rotatable bonds is 6. The van der Waals surface area contributed by atoms with Gasteiger partial charge >= 0.3 is 0 Å². The summed E-state index contributed by atoms with van der Waals surface area (Å²) in [4.78, 5) is 12.6. The molecule has 1 heterocycles. The molecule has 7 heteroatoms. The van der Waals surface area contributed by atoms with Gasteiger partial charge in [0.1, 0.15) is 11.4 Å². The van der Waals surface area contributed by atoms with Crippen LogP contribution in [-0.2, 0) is 10.4 Å². The second kappa shape index (κ2) is 7.29.